The number of likely N-dealkylation sites (N-methyl/N-ethyl adjacent to an activating group) is 1. The van der Waals surface area contributed by atoms with Crippen molar-refractivity contribution in [2.24, 2.45) is 11.3 Å². The first-order chi connectivity index (χ1) is 32.3. The smallest absolute Gasteiger partial charge is 0.406 e. The number of halogens is 3. The number of hydrogen-bond acceptors (Lipinski definition) is 11. The zero-order valence-electron chi connectivity index (χ0n) is 39.7. The SMILES string of the molecule is C=CC(=O)N1CCN(C(=O)N(C)C(C(=O)NC(Cc2nc(-c3ccc4c(c3)c(CC(C)(C)COC=O)c(-c3cccnc3C(C)OC)n4CC(F)(F)F)cs2)C(=O)N2CCCCN2)C(C)C)CC1. The Morgan fingerprint density at radius 3 is 2.40 bits per heavy atom. The molecule has 368 valence electrons. The molecule has 1 aromatic carbocycles. The molecule has 2 N–H and O–H groups in total. The van der Waals surface area contributed by atoms with E-state index in [1.165, 1.54) is 39.0 Å². The van der Waals surface area contributed by atoms with Crippen molar-refractivity contribution in [3.63, 3.8) is 0 Å². The predicted octanol–water partition coefficient (Wildman–Crippen LogP) is 6.40. The van der Waals surface area contributed by atoms with Gasteiger partial charge in [-0.2, -0.15) is 13.2 Å². The molecule has 0 aliphatic carbocycles. The van der Waals surface area contributed by atoms with Crippen LogP contribution in [0.1, 0.15) is 69.8 Å². The third kappa shape index (κ3) is 12.0. The van der Waals surface area contributed by atoms with E-state index in [0.29, 0.717) is 82.3 Å². The molecule has 2 saturated heterocycles. The number of hydrogen-bond donors (Lipinski definition) is 2. The van der Waals surface area contributed by atoms with Gasteiger partial charge in [-0.15, -0.1) is 11.3 Å². The molecule has 16 nitrogen and oxygen atoms in total. The lowest BCUT2D eigenvalue weighted by Crippen LogP contribution is -2.61. The lowest BCUT2D eigenvalue weighted by atomic mass is 9.84. The number of alkyl halides is 3. The van der Waals surface area contributed by atoms with Crippen LogP contribution in [0.2, 0.25) is 0 Å². The molecule has 3 unspecified atom stereocenters. The minimum atomic E-state index is -4.59. The van der Waals surface area contributed by atoms with Crippen LogP contribution in [0, 0.1) is 11.3 Å². The Labute approximate surface area is 398 Å². The quantitative estimate of drug-likeness (QED) is 0.0841. The summed E-state index contributed by atoms with van der Waals surface area (Å²) in [6.45, 7) is 14.0. The van der Waals surface area contributed by atoms with Gasteiger partial charge >= 0.3 is 12.2 Å². The van der Waals surface area contributed by atoms with Gasteiger partial charge in [-0.1, -0.05) is 40.3 Å². The number of nitrogens with zero attached hydrogens (tertiary/aromatic N) is 7. The van der Waals surface area contributed by atoms with Crippen LogP contribution in [-0.2, 0) is 48.0 Å². The monoisotopic (exact) mass is 965 g/mol. The molecule has 5 heterocycles. The van der Waals surface area contributed by atoms with Gasteiger partial charge in [0.2, 0.25) is 11.8 Å². The van der Waals surface area contributed by atoms with E-state index in [9.17, 15) is 37.1 Å². The summed E-state index contributed by atoms with van der Waals surface area (Å²) in [7, 11) is 3.06. The molecule has 0 bridgehead atoms. The second-order valence-electron chi connectivity index (χ2n) is 18.4. The molecule has 2 aliphatic heterocycles. The molecule has 4 aromatic rings. The number of methoxy groups -OCH3 is 1. The van der Waals surface area contributed by atoms with Crippen LogP contribution in [-0.4, -0.2) is 143 Å². The van der Waals surface area contributed by atoms with Crippen molar-refractivity contribution >= 4 is 52.5 Å². The lowest BCUT2D eigenvalue weighted by Gasteiger charge is -2.39. The molecule has 3 atom stereocenters. The number of carbonyl (C=O) groups is 5. The van der Waals surface area contributed by atoms with Gasteiger partial charge in [-0.05, 0) is 68.0 Å². The van der Waals surface area contributed by atoms with E-state index in [2.05, 4.69) is 22.3 Å². The molecule has 20 heteroatoms. The molecule has 2 aliphatic rings. The van der Waals surface area contributed by atoms with Gasteiger partial charge in [0.25, 0.3) is 12.4 Å². The number of carbonyl (C=O) groups excluding carboxylic acids is 5. The highest BCUT2D eigenvalue weighted by Crippen LogP contribution is 2.43. The zero-order chi connectivity index (χ0) is 49.5. The van der Waals surface area contributed by atoms with Crippen molar-refractivity contribution in [3.8, 4) is 22.5 Å². The number of hydrazine groups is 1. The predicted molar refractivity (Wildman–Crippen MR) is 252 cm³/mol. The van der Waals surface area contributed by atoms with Crippen LogP contribution < -0.4 is 10.7 Å². The fourth-order valence-electron chi connectivity index (χ4n) is 9.00. The number of amides is 5. The highest BCUT2D eigenvalue weighted by molar-refractivity contribution is 7.10. The highest BCUT2D eigenvalue weighted by atomic mass is 32.1. The second kappa shape index (κ2) is 22.1. The summed E-state index contributed by atoms with van der Waals surface area (Å²) in [5.41, 5.74) is 5.71. The number of piperazine rings is 1. The van der Waals surface area contributed by atoms with Crippen molar-refractivity contribution in [1.82, 2.24) is 45.0 Å². The average molecular weight is 966 g/mol. The summed E-state index contributed by atoms with van der Waals surface area (Å²) in [6, 6.07) is 6.18. The third-order valence-corrected chi connectivity index (χ3v) is 13.3. The number of ether oxygens (including phenoxy) is 2. The van der Waals surface area contributed by atoms with Crippen LogP contribution >= 0.6 is 11.3 Å². The van der Waals surface area contributed by atoms with Crippen LogP contribution in [0.4, 0.5) is 18.0 Å². The van der Waals surface area contributed by atoms with Gasteiger partial charge in [0.15, 0.2) is 0 Å². The first-order valence-electron chi connectivity index (χ1n) is 22.8. The van der Waals surface area contributed by atoms with E-state index in [4.69, 9.17) is 14.5 Å². The van der Waals surface area contributed by atoms with Crippen molar-refractivity contribution in [1.29, 1.82) is 0 Å². The van der Waals surface area contributed by atoms with Gasteiger partial charge < -0.3 is 34.1 Å². The largest absolute Gasteiger partial charge is 0.467 e. The summed E-state index contributed by atoms with van der Waals surface area (Å²) < 4.78 is 55.8. The van der Waals surface area contributed by atoms with Gasteiger partial charge in [0.05, 0.1) is 34.8 Å². The van der Waals surface area contributed by atoms with Crippen LogP contribution in [0.3, 0.4) is 0 Å². The molecule has 5 amide bonds. The van der Waals surface area contributed by atoms with Crippen LogP contribution in [0.15, 0.2) is 54.6 Å². The maximum Gasteiger partial charge on any atom is 0.406 e. The average Bonchev–Trinajstić information content (AvgIpc) is 3.90. The van der Waals surface area contributed by atoms with Crippen LogP contribution in [0.5, 0.6) is 0 Å². The third-order valence-electron chi connectivity index (χ3n) is 12.4. The highest BCUT2D eigenvalue weighted by Gasteiger charge is 2.38. The molecular formula is C48H62F3N9O7S. The van der Waals surface area contributed by atoms with E-state index >= 15 is 0 Å². The van der Waals surface area contributed by atoms with Crippen molar-refractivity contribution in [2.45, 2.75) is 91.2 Å². The maximum atomic E-state index is 14.6. The first kappa shape index (κ1) is 51.5. The van der Waals surface area contributed by atoms with Gasteiger partial charge in [0, 0.05) is 98.9 Å². The Bertz CT molecular complexity index is 2460. The number of pyridine rings is 1. The van der Waals surface area contributed by atoms with E-state index in [0.717, 1.165) is 12.8 Å². The summed E-state index contributed by atoms with van der Waals surface area (Å²) in [5.74, 6) is -1.44. The van der Waals surface area contributed by atoms with E-state index in [1.54, 1.807) is 59.6 Å². The number of nitrogens with one attached hydrogen (secondary N) is 2. The van der Waals surface area contributed by atoms with Gasteiger partial charge in [-0.3, -0.25) is 29.2 Å². The summed E-state index contributed by atoms with van der Waals surface area (Å²) in [4.78, 5) is 79.9. The fraction of sp³-hybridized carbons (Fsp3) is 0.521. The van der Waals surface area contributed by atoms with E-state index in [1.807, 2.05) is 33.8 Å². The van der Waals surface area contributed by atoms with Crippen LogP contribution in [0.25, 0.3) is 33.4 Å². The number of rotatable bonds is 18. The molecule has 0 saturated carbocycles. The van der Waals surface area contributed by atoms with Crippen molar-refractivity contribution in [2.75, 3.05) is 60.0 Å². The number of fused-ring (bicyclic) bond motifs is 1. The summed E-state index contributed by atoms with van der Waals surface area (Å²) in [6.07, 6.45) is -0.461. The molecule has 6 rings (SSSR count). The molecule has 0 radical (unpaired) electrons. The van der Waals surface area contributed by atoms with Crippen molar-refractivity contribution in [3.05, 3.63) is 70.8 Å². The molecule has 2 fully saturated rings. The minimum absolute atomic E-state index is 0.0101. The van der Waals surface area contributed by atoms with Crippen molar-refractivity contribution < 1.29 is 46.6 Å². The summed E-state index contributed by atoms with van der Waals surface area (Å²) in [5, 5.41) is 7.34. The molecular weight excluding hydrogens is 904 g/mol. The topological polar surface area (TPSA) is 172 Å². The number of thiazole rings is 1. The van der Waals surface area contributed by atoms with Gasteiger partial charge in [0.1, 0.15) is 18.6 Å². The normalized spacial score (nSPS) is 16.1. The lowest BCUT2D eigenvalue weighted by molar-refractivity contribution is -0.141. The standard InChI is InChI=1S/C48H62F3N9O7S/c1-9-40(62)57-19-21-58(22-20-57)46(65)56(7)42(30(2)3)44(63)55-36(45(64)60-18-11-10-17-53-60)24-39-54-37(26-68-39)32-14-15-38-34(23-32)35(25-47(5,6)28-67-29-61)43(59(38)27-48(49,50)51)33-13-12-16-52-41(33)31(4)66-8/h9,12-16,23,26,29-31,36,42,53H,1,10-11,17-22,24-25,27-28H2,2-8H3,(H,55,63). The Morgan fingerprint density at radius 2 is 1.76 bits per heavy atom. The summed E-state index contributed by atoms with van der Waals surface area (Å²) >= 11 is 1.28. The number of urea groups is 1. The minimum Gasteiger partial charge on any atom is -0.467 e. The first-order valence-corrected chi connectivity index (χ1v) is 23.6. The Morgan fingerprint density at radius 1 is 1.04 bits per heavy atom. The van der Waals surface area contributed by atoms with E-state index < -0.39 is 42.2 Å². The van der Waals surface area contributed by atoms with E-state index in [-0.39, 0.29) is 56.3 Å². The fourth-order valence-corrected chi connectivity index (χ4v) is 9.86. The Kier molecular flexibility index (Phi) is 16.7. The zero-order valence-corrected chi connectivity index (χ0v) is 40.5. The van der Waals surface area contributed by atoms with Gasteiger partial charge in [-0.25, -0.2) is 15.2 Å². The molecule has 0 spiro atoms. The second-order valence-corrected chi connectivity index (χ2v) is 19.4. The molecule has 68 heavy (non-hydrogen) atoms. The molecule has 3 aromatic heterocycles. The number of benzene rings is 1. The Balaban J connectivity index is 1.35. The Hall–Kier alpha value is -5.86. The number of aromatic nitrogens is 3. The maximum absolute atomic E-state index is 14.6.